The maximum Gasteiger partial charge on any atom is 0.261 e. The van der Waals surface area contributed by atoms with Crippen LogP contribution >= 0.6 is 15.9 Å². The number of carbonyl (C=O) groups excluding carboxylic acids is 1. The highest BCUT2D eigenvalue weighted by Crippen LogP contribution is 2.20. The van der Waals surface area contributed by atoms with Crippen LogP contribution in [0.1, 0.15) is 33.6 Å². The zero-order chi connectivity index (χ0) is 16.8. The summed E-state index contributed by atoms with van der Waals surface area (Å²) in [6.07, 6.45) is 1.58. The molecule has 1 N–H and O–H groups in total. The summed E-state index contributed by atoms with van der Waals surface area (Å²) in [5, 5.41) is 3.18. The van der Waals surface area contributed by atoms with E-state index in [2.05, 4.69) is 33.1 Å². The molecule has 1 heterocycles. The van der Waals surface area contributed by atoms with Gasteiger partial charge in [0.15, 0.2) is 6.10 Å². The monoisotopic (exact) mass is 382 g/mol. The van der Waals surface area contributed by atoms with E-state index in [-0.39, 0.29) is 17.9 Å². The molecule has 0 spiro atoms. The normalized spacial score (nSPS) is 18.0. The molecule has 128 valence electrons. The molecule has 1 amide bonds. The smallest absolute Gasteiger partial charge is 0.261 e. The number of rotatable bonds is 6. The number of benzene rings is 1. The Balaban J connectivity index is 1.92. The molecule has 0 aromatic heterocycles. The van der Waals surface area contributed by atoms with Gasteiger partial charge in [-0.15, -0.1) is 0 Å². The average Bonchev–Trinajstić information content (AvgIpc) is 2.54. The minimum atomic E-state index is -0.458. The van der Waals surface area contributed by atoms with Crippen LogP contribution in [0.25, 0.3) is 0 Å². The van der Waals surface area contributed by atoms with Crippen LogP contribution in [-0.4, -0.2) is 42.6 Å². The van der Waals surface area contributed by atoms with Crippen LogP contribution in [0.5, 0.6) is 5.75 Å². The van der Waals surface area contributed by atoms with E-state index in [0.29, 0.717) is 0 Å². The molecule has 1 aromatic carbocycles. The molecular formula is C18H27BrN2O2. The highest BCUT2D eigenvalue weighted by Gasteiger charge is 2.27. The molecular weight excluding hydrogens is 356 g/mol. The van der Waals surface area contributed by atoms with Crippen molar-refractivity contribution in [1.29, 1.82) is 0 Å². The number of carbonyl (C=O) groups is 1. The summed E-state index contributed by atoms with van der Waals surface area (Å²) in [5.41, 5.74) is 0. The number of hydrogen-bond acceptors (Lipinski definition) is 3. The zero-order valence-corrected chi connectivity index (χ0v) is 15.8. The standard InChI is InChI=1S/C18H27BrN2O2/c1-4-21-11-9-15(10-12-21)20-18(22)17(13(2)3)23-16-7-5-14(19)6-8-16/h5-8,13,15,17H,4,9-12H2,1-3H3,(H,20,22)/t17-/m1/s1. The van der Waals surface area contributed by atoms with Gasteiger partial charge < -0.3 is 15.0 Å². The molecule has 2 rings (SSSR count). The number of ether oxygens (including phenoxy) is 1. The number of piperidine rings is 1. The average molecular weight is 383 g/mol. The number of nitrogens with one attached hydrogen (secondary N) is 1. The van der Waals surface area contributed by atoms with Crippen LogP contribution in [0.2, 0.25) is 0 Å². The number of halogens is 1. The van der Waals surface area contributed by atoms with Crippen LogP contribution in [0, 0.1) is 5.92 Å². The molecule has 1 fully saturated rings. The van der Waals surface area contributed by atoms with E-state index in [4.69, 9.17) is 4.74 Å². The highest BCUT2D eigenvalue weighted by atomic mass is 79.9. The predicted octanol–water partition coefficient (Wildman–Crippen LogP) is 3.45. The van der Waals surface area contributed by atoms with Gasteiger partial charge in [-0.3, -0.25) is 4.79 Å². The molecule has 0 aliphatic carbocycles. The summed E-state index contributed by atoms with van der Waals surface area (Å²) in [5.74, 6) is 0.843. The van der Waals surface area contributed by atoms with E-state index in [9.17, 15) is 4.79 Å². The number of amides is 1. The van der Waals surface area contributed by atoms with Crippen molar-refractivity contribution in [3.8, 4) is 5.75 Å². The van der Waals surface area contributed by atoms with Crippen molar-refractivity contribution in [1.82, 2.24) is 10.2 Å². The van der Waals surface area contributed by atoms with Crippen molar-refractivity contribution < 1.29 is 9.53 Å². The van der Waals surface area contributed by atoms with Crippen molar-refractivity contribution in [2.24, 2.45) is 5.92 Å². The van der Waals surface area contributed by atoms with Crippen molar-refractivity contribution in [3.05, 3.63) is 28.7 Å². The summed E-state index contributed by atoms with van der Waals surface area (Å²) in [4.78, 5) is 15.0. The van der Waals surface area contributed by atoms with E-state index < -0.39 is 6.10 Å². The summed E-state index contributed by atoms with van der Waals surface area (Å²) in [6, 6.07) is 7.87. The largest absolute Gasteiger partial charge is 0.480 e. The third kappa shape index (κ3) is 5.50. The van der Waals surface area contributed by atoms with Crippen LogP contribution < -0.4 is 10.1 Å². The Hall–Kier alpha value is -1.07. The summed E-state index contributed by atoms with van der Waals surface area (Å²) < 4.78 is 6.93. The maximum atomic E-state index is 12.6. The van der Waals surface area contributed by atoms with Crippen LogP contribution in [0.15, 0.2) is 28.7 Å². The first-order valence-electron chi connectivity index (χ1n) is 8.44. The van der Waals surface area contributed by atoms with Gasteiger partial charge in [-0.25, -0.2) is 0 Å². The maximum absolute atomic E-state index is 12.6. The topological polar surface area (TPSA) is 41.6 Å². The first-order valence-corrected chi connectivity index (χ1v) is 9.23. The third-order valence-electron chi connectivity index (χ3n) is 4.32. The van der Waals surface area contributed by atoms with Crippen LogP contribution in [0.4, 0.5) is 0 Å². The van der Waals surface area contributed by atoms with Gasteiger partial charge in [0.05, 0.1) is 0 Å². The van der Waals surface area contributed by atoms with Gasteiger partial charge in [-0.05, 0) is 49.6 Å². The second kappa shape index (κ2) is 8.69. The van der Waals surface area contributed by atoms with Gasteiger partial charge in [0, 0.05) is 23.6 Å². The lowest BCUT2D eigenvalue weighted by atomic mass is 10.0. The first kappa shape index (κ1) is 18.3. The second-order valence-electron chi connectivity index (χ2n) is 6.45. The lowest BCUT2D eigenvalue weighted by Gasteiger charge is -2.32. The molecule has 1 aromatic rings. The van der Waals surface area contributed by atoms with E-state index in [1.807, 2.05) is 38.1 Å². The molecule has 1 aliphatic heterocycles. The summed E-state index contributed by atoms with van der Waals surface area (Å²) >= 11 is 3.41. The van der Waals surface area contributed by atoms with Crippen LogP contribution in [-0.2, 0) is 4.79 Å². The second-order valence-corrected chi connectivity index (χ2v) is 7.37. The van der Waals surface area contributed by atoms with Crippen molar-refractivity contribution in [2.45, 2.75) is 45.8 Å². The van der Waals surface area contributed by atoms with E-state index in [1.54, 1.807) is 0 Å². The molecule has 1 saturated heterocycles. The first-order chi connectivity index (χ1) is 11.0. The Labute approximate surface area is 147 Å². The van der Waals surface area contributed by atoms with Gasteiger partial charge >= 0.3 is 0 Å². The SMILES string of the molecule is CCN1CCC(NC(=O)[C@H](Oc2ccc(Br)cc2)C(C)C)CC1. The van der Waals surface area contributed by atoms with E-state index in [0.717, 1.165) is 42.7 Å². The lowest BCUT2D eigenvalue weighted by molar-refractivity contribution is -0.130. The highest BCUT2D eigenvalue weighted by molar-refractivity contribution is 9.10. The molecule has 1 atom stereocenters. The number of likely N-dealkylation sites (tertiary alicyclic amines) is 1. The number of nitrogens with zero attached hydrogens (tertiary/aromatic N) is 1. The van der Waals surface area contributed by atoms with Crippen molar-refractivity contribution >= 4 is 21.8 Å². The minimum absolute atomic E-state index is 0.00197. The van der Waals surface area contributed by atoms with Gasteiger partial charge in [-0.2, -0.15) is 0 Å². The van der Waals surface area contributed by atoms with Crippen LogP contribution in [0.3, 0.4) is 0 Å². The fourth-order valence-electron chi connectivity index (χ4n) is 2.83. The Morgan fingerprint density at radius 2 is 1.91 bits per heavy atom. The predicted molar refractivity (Wildman–Crippen MR) is 96.7 cm³/mol. The Bertz CT molecular complexity index is 496. The van der Waals surface area contributed by atoms with E-state index in [1.165, 1.54) is 0 Å². The molecule has 0 unspecified atom stereocenters. The Kier molecular flexibility index (Phi) is 6.90. The quantitative estimate of drug-likeness (QED) is 0.818. The zero-order valence-electron chi connectivity index (χ0n) is 14.2. The molecule has 1 aliphatic rings. The van der Waals surface area contributed by atoms with Crippen molar-refractivity contribution in [3.63, 3.8) is 0 Å². The third-order valence-corrected chi connectivity index (χ3v) is 4.85. The summed E-state index contributed by atoms with van der Waals surface area (Å²) in [7, 11) is 0. The lowest BCUT2D eigenvalue weighted by Crippen LogP contribution is -2.50. The number of hydrogen-bond donors (Lipinski definition) is 1. The molecule has 0 radical (unpaired) electrons. The molecule has 0 bridgehead atoms. The van der Waals surface area contributed by atoms with Crippen molar-refractivity contribution in [2.75, 3.05) is 19.6 Å². The molecule has 4 nitrogen and oxygen atoms in total. The van der Waals surface area contributed by atoms with Gasteiger partial charge in [0.1, 0.15) is 5.75 Å². The molecule has 0 saturated carbocycles. The summed E-state index contributed by atoms with van der Waals surface area (Å²) in [6.45, 7) is 9.41. The van der Waals surface area contributed by atoms with Gasteiger partial charge in [0.2, 0.25) is 0 Å². The van der Waals surface area contributed by atoms with Gasteiger partial charge in [-0.1, -0.05) is 36.7 Å². The van der Waals surface area contributed by atoms with Gasteiger partial charge in [0.25, 0.3) is 5.91 Å². The fourth-order valence-corrected chi connectivity index (χ4v) is 3.09. The molecule has 23 heavy (non-hydrogen) atoms. The fraction of sp³-hybridized carbons (Fsp3) is 0.611. The minimum Gasteiger partial charge on any atom is -0.480 e. The molecule has 5 heteroatoms. The van der Waals surface area contributed by atoms with E-state index >= 15 is 0 Å². The Morgan fingerprint density at radius 3 is 2.43 bits per heavy atom. The Morgan fingerprint density at radius 1 is 1.30 bits per heavy atom.